The van der Waals surface area contributed by atoms with Gasteiger partial charge in [-0.15, -0.1) is 11.3 Å². The van der Waals surface area contributed by atoms with Gasteiger partial charge in [0.2, 0.25) is 0 Å². The lowest BCUT2D eigenvalue weighted by Crippen LogP contribution is -2.16. The number of fused-ring (bicyclic) bond motifs is 1. The van der Waals surface area contributed by atoms with Crippen molar-refractivity contribution in [1.29, 1.82) is 0 Å². The highest BCUT2D eigenvalue weighted by molar-refractivity contribution is 7.14. The minimum Gasteiger partial charge on any atom is -0.454 e. The van der Waals surface area contributed by atoms with Gasteiger partial charge in [0.25, 0.3) is 0 Å². The van der Waals surface area contributed by atoms with E-state index >= 15 is 0 Å². The predicted molar refractivity (Wildman–Crippen MR) is 83.8 cm³/mol. The molecule has 0 radical (unpaired) electrons. The average molecular weight is 305 g/mol. The molecule has 1 aliphatic rings. The first kappa shape index (κ1) is 12.2. The van der Waals surface area contributed by atoms with Crippen molar-refractivity contribution in [2.45, 2.75) is 12.8 Å². The molecule has 0 saturated carbocycles. The van der Waals surface area contributed by atoms with Crippen molar-refractivity contribution in [2.24, 2.45) is 0 Å². The second-order valence-electron chi connectivity index (χ2n) is 5.00. The maximum atomic E-state index is 6.00. The van der Waals surface area contributed by atoms with E-state index in [-0.39, 0.29) is 0 Å². The Hall–Kier alpha value is -1.52. The van der Waals surface area contributed by atoms with E-state index in [2.05, 4.69) is 10.3 Å². The number of nitrogens with zero attached hydrogens (tertiary/aromatic N) is 2. The summed E-state index contributed by atoms with van der Waals surface area (Å²) in [6, 6.07) is 7.66. The number of benzene rings is 1. The van der Waals surface area contributed by atoms with Gasteiger partial charge in [-0.2, -0.15) is 0 Å². The molecule has 0 unspecified atom stereocenters. The zero-order valence-electron chi connectivity index (χ0n) is 10.8. The van der Waals surface area contributed by atoms with Crippen LogP contribution in [0.1, 0.15) is 12.8 Å². The molecule has 0 bridgehead atoms. The van der Waals surface area contributed by atoms with Crippen molar-refractivity contribution in [1.82, 2.24) is 4.98 Å². The minimum absolute atomic E-state index is 0.723. The predicted octanol–water partition coefficient (Wildman–Crippen LogP) is 4.81. The molecule has 3 heterocycles. The van der Waals surface area contributed by atoms with Crippen LogP contribution in [-0.4, -0.2) is 18.1 Å². The Morgan fingerprint density at radius 2 is 2.05 bits per heavy atom. The Morgan fingerprint density at radius 3 is 2.90 bits per heavy atom. The van der Waals surface area contributed by atoms with Crippen molar-refractivity contribution in [3.63, 3.8) is 0 Å². The number of hydrogen-bond donors (Lipinski definition) is 0. The van der Waals surface area contributed by atoms with Crippen LogP contribution in [0.5, 0.6) is 0 Å². The topological polar surface area (TPSA) is 29.3 Å². The molecule has 5 heteroatoms. The van der Waals surface area contributed by atoms with E-state index in [0.717, 1.165) is 45.7 Å². The highest BCUT2D eigenvalue weighted by atomic mass is 35.5. The van der Waals surface area contributed by atoms with Crippen molar-refractivity contribution in [2.75, 3.05) is 18.0 Å². The van der Waals surface area contributed by atoms with Crippen molar-refractivity contribution in [3.8, 4) is 11.5 Å². The van der Waals surface area contributed by atoms with Crippen molar-refractivity contribution < 1.29 is 4.42 Å². The summed E-state index contributed by atoms with van der Waals surface area (Å²) in [5.74, 6) is 0.809. The summed E-state index contributed by atoms with van der Waals surface area (Å²) < 4.78 is 5.85. The maximum absolute atomic E-state index is 6.00. The van der Waals surface area contributed by atoms with E-state index in [0.29, 0.717) is 0 Å². The average Bonchev–Trinajstić information content (AvgIpc) is 3.17. The molecule has 3 aromatic rings. The van der Waals surface area contributed by atoms with Gasteiger partial charge in [-0.1, -0.05) is 11.6 Å². The molecule has 0 aliphatic carbocycles. The molecule has 0 spiro atoms. The molecular formula is C15H13ClN2OS. The van der Waals surface area contributed by atoms with Crippen LogP contribution < -0.4 is 4.90 Å². The molecule has 3 nitrogen and oxygen atoms in total. The number of halogens is 1. The van der Waals surface area contributed by atoms with Gasteiger partial charge in [-0.25, -0.2) is 4.98 Å². The van der Waals surface area contributed by atoms with Crippen LogP contribution in [0.4, 0.5) is 5.13 Å². The van der Waals surface area contributed by atoms with Gasteiger partial charge in [0, 0.05) is 28.9 Å². The molecule has 1 aliphatic heterocycles. The quantitative estimate of drug-likeness (QED) is 0.680. The molecule has 4 rings (SSSR count). The molecule has 0 atom stereocenters. The fourth-order valence-corrected chi connectivity index (χ4v) is 3.62. The lowest BCUT2D eigenvalue weighted by atomic mass is 10.2. The molecule has 102 valence electrons. The molecule has 1 saturated heterocycles. The number of rotatable bonds is 2. The standard InChI is InChI=1S/C15H13ClN2OS/c16-11-3-4-13-10(7-11)8-14(19-13)12-9-20-15(17-12)18-5-1-2-6-18/h3-4,7-9H,1-2,5-6H2. The lowest BCUT2D eigenvalue weighted by Gasteiger charge is -2.11. The second kappa shape index (κ2) is 4.79. The first-order chi connectivity index (χ1) is 9.79. The van der Waals surface area contributed by atoms with Gasteiger partial charge in [-0.05, 0) is 37.1 Å². The van der Waals surface area contributed by atoms with Gasteiger partial charge >= 0.3 is 0 Å². The van der Waals surface area contributed by atoms with Crippen LogP contribution in [0.15, 0.2) is 34.1 Å². The Balaban J connectivity index is 1.71. The van der Waals surface area contributed by atoms with E-state index in [1.165, 1.54) is 12.8 Å². The highest BCUT2D eigenvalue weighted by Crippen LogP contribution is 2.33. The van der Waals surface area contributed by atoms with Crippen molar-refractivity contribution >= 4 is 39.0 Å². The molecule has 1 fully saturated rings. The van der Waals surface area contributed by atoms with E-state index in [1.807, 2.05) is 24.3 Å². The van der Waals surface area contributed by atoms with Crippen LogP contribution in [0.3, 0.4) is 0 Å². The normalized spacial score (nSPS) is 15.3. The molecule has 0 N–H and O–H groups in total. The van der Waals surface area contributed by atoms with Gasteiger partial charge in [-0.3, -0.25) is 0 Å². The third-order valence-corrected chi connectivity index (χ3v) is 4.74. The first-order valence-corrected chi connectivity index (χ1v) is 7.95. The smallest absolute Gasteiger partial charge is 0.185 e. The Kier molecular flexibility index (Phi) is 2.93. The third kappa shape index (κ3) is 2.09. The van der Waals surface area contributed by atoms with E-state index in [4.69, 9.17) is 21.0 Å². The minimum atomic E-state index is 0.723. The SMILES string of the molecule is Clc1ccc2oc(-c3csc(N4CCCC4)n3)cc2c1. The van der Waals surface area contributed by atoms with Crippen LogP contribution >= 0.6 is 22.9 Å². The van der Waals surface area contributed by atoms with Gasteiger partial charge in [0.1, 0.15) is 11.3 Å². The molecular weight excluding hydrogens is 292 g/mol. The summed E-state index contributed by atoms with van der Waals surface area (Å²) in [5, 5.41) is 4.90. The van der Waals surface area contributed by atoms with Crippen LogP contribution in [-0.2, 0) is 0 Å². The summed E-state index contributed by atoms with van der Waals surface area (Å²) >= 11 is 7.69. The summed E-state index contributed by atoms with van der Waals surface area (Å²) in [7, 11) is 0. The first-order valence-electron chi connectivity index (χ1n) is 6.69. The number of aromatic nitrogens is 1. The second-order valence-corrected chi connectivity index (χ2v) is 6.28. The van der Waals surface area contributed by atoms with E-state index in [9.17, 15) is 0 Å². The number of anilines is 1. The number of furan rings is 1. The third-order valence-electron chi connectivity index (χ3n) is 3.60. The van der Waals surface area contributed by atoms with E-state index < -0.39 is 0 Å². The molecule has 0 amide bonds. The van der Waals surface area contributed by atoms with Gasteiger partial charge in [0.15, 0.2) is 10.9 Å². The van der Waals surface area contributed by atoms with Gasteiger partial charge < -0.3 is 9.32 Å². The maximum Gasteiger partial charge on any atom is 0.185 e. The molecule has 1 aromatic carbocycles. The number of hydrogen-bond acceptors (Lipinski definition) is 4. The summed E-state index contributed by atoms with van der Waals surface area (Å²) in [4.78, 5) is 7.04. The zero-order chi connectivity index (χ0) is 13.5. The molecule has 2 aromatic heterocycles. The van der Waals surface area contributed by atoms with E-state index in [1.54, 1.807) is 11.3 Å². The Bertz CT molecular complexity index is 758. The Morgan fingerprint density at radius 1 is 1.20 bits per heavy atom. The highest BCUT2D eigenvalue weighted by Gasteiger charge is 2.17. The van der Waals surface area contributed by atoms with Crippen LogP contribution in [0.25, 0.3) is 22.4 Å². The van der Waals surface area contributed by atoms with Crippen LogP contribution in [0, 0.1) is 0 Å². The van der Waals surface area contributed by atoms with Crippen LogP contribution in [0.2, 0.25) is 5.02 Å². The zero-order valence-corrected chi connectivity index (χ0v) is 12.4. The Labute approximate surface area is 125 Å². The monoisotopic (exact) mass is 304 g/mol. The van der Waals surface area contributed by atoms with Gasteiger partial charge in [0.05, 0.1) is 0 Å². The lowest BCUT2D eigenvalue weighted by molar-refractivity contribution is 0.629. The summed E-state index contributed by atoms with van der Waals surface area (Å²) in [6.45, 7) is 2.23. The fraction of sp³-hybridized carbons (Fsp3) is 0.267. The fourth-order valence-electron chi connectivity index (χ4n) is 2.57. The largest absolute Gasteiger partial charge is 0.454 e. The molecule has 20 heavy (non-hydrogen) atoms. The summed E-state index contributed by atoms with van der Waals surface area (Å²) in [5.41, 5.74) is 1.75. The van der Waals surface area contributed by atoms with Crippen molar-refractivity contribution in [3.05, 3.63) is 34.7 Å². The summed E-state index contributed by atoms with van der Waals surface area (Å²) in [6.07, 6.45) is 2.52. The number of thiazole rings is 1.